The quantitative estimate of drug-likeness (QED) is 0.635. The van der Waals surface area contributed by atoms with Crippen molar-refractivity contribution in [3.8, 4) is 0 Å². The second-order valence-corrected chi connectivity index (χ2v) is 7.40. The smallest absolute Gasteiger partial charge is 0.333 e. The van der Waals surface area contributed by atoms with E-state index in [1.807, 2.05) is 30.3 Å². The molecule has 2 aromatic carbocycles. The predicted octanol–water partition coefficient (Wildman–Crippen LogP) is 3.72. The summed E-state index contributed by atoms with van der Waals surface area (Å²) in [6.07, 6.45) is 0.421. The van der Waals surface area contributed by atoms with Crippen molar-refractivity contribution < 1.29 is 23.5 Å². The summed E-state index contributed by atoms with van der Waals surface area (Å²) in [6, 6.07) is 13.6. The molecular formula is C21H23ClFNO4S. The Bertz CT molecular complexity index is 817. The van der Waals surface area contributed by atoms with Crippen LogP contribution in [0.5, 0.6) is 0 Å². The second-order valence-electron chi connectivity index (χ2n) is 6.21. The van der Waals surface area contributed by atoms with E-state index >= 15 is 0 Å². The number of methoxy groups -OCH3 is 1. The van der Waals surface area contributed by atoms with E-state index in [0.29, 0.717) is 12.0 Å². The highest BCUT2D eigenvalue weighted by Gasteiger charge is 2.28. The second kappa shape index (κ2) is 12.2. The number of nitrogens with one attached hydrogen (secondary N) is 1. The molecule has 0 bridgehead atoms. The summed E-state index contributed by atoms with van der Waals surface area (Å²) in [5.74, 6) is -1.72. The molecule has 8 heteroatoms. The first-order valence-electron chi connectivity index (χ1n) is 8.71. The summed E-state index contributed by atoms with van der Waals surface area (Å²) >= 11 is 1.06. The Balaban J connectivity index is 0.00000420. The molecule has 2 rings (SSSR count). The number of halogens is 2. The van der Waals surface area contributed by atoms with Gasteiger partial charge in [0.1, 0.15) is 5.82 Å². The normalized spacial score (nSPS) is 12.2. The lowest BCUT2D eigenvalue weighted by atomic mass is 9.99. The molecule has 156 valence electrons. The number of hydrogen-bond acceptors (Lipinski definition) is 5. The van der Waals surface area contributed by atoms with Gasteiger partial charge in [-0.25, -0.2) is 9.18 Å². The molecule has 0 saturated heterocycles. The van der Waals surface area contributed by atoms with Crippen molar-refractivity contribution in [1.29, 1.82) is 0 Å². The molecule has 2 aromatic rings. The fraction of sp³-hybridized carbons (Fsp3) is 0.286. The Kier molecular flexibility index (Phi) is 10.4. The zero-order valence-corrected chi connectivity index (χ0v) is 17.7. The maximum absolute atomic E-state index is 13.2. The number of rotatable bonds is 8. The first-order valence-corrected chi connectivity index (χ1v) is 9.70. The van der Waals surface area contributed by atoms with E-state index in [1.54, 1.807) is 0 Å². The van der Waals surface area contributed by atoms with Gasteiger partial charge in [0.2, 0.25) is 5.91 Å². The Morgan fingerprint density at radius 3 is 2.24 bits per heavy atom. The fourth-order valence-corrected chi connectivity index (χ4v) is 3.36. The number of esters is 1. The zero-order valence-electron chi connectivity index (χ0n) is 16.1. The van der Waals surface area contributed by atoms with Crippen LogP contribution < -0.4 is 5.32 Å². The SMILES string of the molecule is COC(=O)[C@H](NC(=O)C(CSC(C)=O)Cc1ccccc1)c1ccc(F)cc1.Cl. The fourth-order valence-electron chi connectivity index (χ4n) is 2.66. The highest BCUT2D eigenvalue weighted by molar-refractivity contribution is 8.13. The zero-order chi connectivity index (χ0) is 20.5. The van der Waals surface area contributed by atoms with Crippen molar-refractivity contribution in [2.75, 3.05) is 12.9 Å². The van der Waals surface area contributed by atoms with Crippen molar-refractivity contribution >= 4 is 41.2 Å². The Labute approximate surface area is 179 Å². The van der Waals surface area contributed by atoms with Crippen LogP contribution in [0, 0.1) is 11.7 Å². The lowest BCUT2D eigenvalue weighted by Crippen LogP contribution is -2.40. The molecule has 0 spiro atoms. The van der Waals surface area contributed by atoms with Crippen LogP contribution in [-0.4, -0.2) is 29.9 Å². The minimum atomic E-state index is -1.06. The van der Waals surface area contributed by atoms with Crippen LogP contribution in [0.4, 0.5) is 4.39 Å². The molecule has 5 nitrogen and oxygen atoms in total. The van der Waals surface area contributed by atoms with Gasteiger partial charge in [0, 0.05) is 12.7 Å². The molecule has 1 N–H and O–H groups in total. The molecular weight excluding hydrogens is 417 g/mol. The highest BCUT2D eigenvalue weighted by atomic mass is 35.5. The van der Waals surface area contributed by atoms with Gasteiger partial charge in [-0.1, -0.05) is 54.2 Å². The van der Waals surface area contributed by atoms with Gasteiger partial charge in [0.15, 0.2) is 11.2 Å². The van der Waals surface area contributed by atoms with Crippen LogP contribution in [0.1, 0.15) is 24.1 Å². The van der Waals surface area contributed by atoms with Crippen molar-refractivity contribution in [2.45, 2.75) is 19.4 Å². The van der Waals surface area contributed by atoms with Crippen LogP contribution in [-0.2, 0) is 25.5 Å². The molecule has 0 saturated carbocycles. The van der Waals surface area contributed by atoms with Gasteiger partial charge < -0.3 is 10.1 Å². The van der Waals surface area contributed by atoms with E-state index in [9.17, 15) is 18.8 Å². The molecule has 0 fully saturated rings. The lowest BCUT2D eigenvalue weighted by molar-refractivity contribution is -0.145. The molecule has 0 aliphatic carbocycles. The molecule has 1 amide bonds. The highest BCUT2D eigenvalue weighted by Crippen LogP contribution is 2.20. The first-order chi connectivity index (χ1) is 13.4. The van der Waals surface area contributed by atoms with Crippen molar-refractivity contribution in [3.05, 3.63) is 71.5 Å². The molecule has 1 unspecified atom stereocenters. The average Bonchev–Trinajstić information content (AvgIpc) is 2.70. The third-order valence-electron chi connectivity index (χ3n) is 4.11. The summed E-state index contributed by atoms with van der Waals surface area (Å²) in [7, 11) is 1.22. The number of benzene rings is 2. The monoisotopic (exact) mass is 439 g/mol. The topological polar surface area (TPSA) is 72.5 Å². The van der Waals surface area contributed by atoms with E-state index in [-0.39, 0.29) is 29.2 Å². The van der Waals surface area contributed by atoms with E-state index in [4.69, 9.17) is 4.74 Å². The molecule has 0 aliphatic heterocycles. The molecule has 0 heterocycles. The maximum Gasteiger partial charge on any atom is 0.333 e. The number of carbonyl (C=O) groups is 3. The Hall–Kier alpha value is -2.38. The summed E-state index contributed by atoms with van der Waals surface area (Å²) in [5, 5.41) is 2.60. The van der Waals surface area contributed by atoms with Gasteiger partial charge in [-0.2, -0.15) is 0 Å². The van der Waals surface area contributed by atoms with Crippen molar-refractivity contribution in [2.24, 2.45) is 5.92 Å². The van der Waals surface area contributed by atoms with Gasteiger partial charge >= 0.3 is 5.97 Å². The van der Waals surface area contributed by atoms with E-state index < -0.39 is 23.7 Å². The number of hydrogen-bond donors (Lipinski definition) is 1. The van der Waals surface area contributed by atoms with Crippen LogP contribution in [0.2, 0.25) is 0 Å². The van der Waals surface area contributed by atoms with Gasteiger partial charge in [-0.15, -0.1) is 12.4 Å². The van der Waals surface area contributed by atoms with Crippen molar-refractivity contribution in [3.63, 3.8) is 0 Å². The number of ether oxygens (including phenoxy) is 1. The number of carbonyl (C=O) groups excluding carboxylic acids is 3. The minimum absolute atomic E-state index is 0. The van der Waals surface area contributed by atoms with Crippen LogP contribution in [0.3, 0.4) is 0 Å². The van der Waals surface area contributed by atoms with E-state index in [0.717, 1.165) is 17.3 Å². The summed E-state index contributed by atoms with van der Waals surface area (Å²) < 4.78 is 18.0. The third-order valence-corrected chi connectivity index (χ3v) is 5.09. The standard InChI is InChI=1S/C21H22FNO4S.ClH/c1-14(24)28-13-17(12-15-6-4-3-5-7-15)20(25)23-19(21(26)27-2)16-8-10-18(22)11-9-16;/h3-11,17,19H,12-13H2,1-2H3,(H,23,25);1H/t17?,19-;/m1./s1. The van der Waals surface area contributed by atoms with Crippen LogP contribution >= 0.6 is 24.2 Å². The minimum Gasteiger partial charge on any atom is -0.467 e. The molecule has 2 atom stereocenters. The van der Waals surface area contributed by atoms with Crippen LogP contribution in [0.25, 0.3) is 0 Å². The molecule has 0 aromatic heterocycles. The molecule has 29 heavy (non-hydrogen) atoms. The van der Waals surface area contributed by atoms with E-state index in [2.05, 4.69) is 5.32 Å². The van der Waals surface area contributed by atoms with Gasteiger partial charge in [-0.3, -0.25) is 9.59 Å². The first kappa shape index (κ1) is 24.7. The number of thioether (sulfide) groups is 1. The summed E-state index contributed by atoms with van der Waals surface area (Å²) in [4.78, 5) is 36.5. The molecule has 0 radical (unpaired) electrons. The lowest BCUT2D eigenvalue weighted by Gasteiger charge is -2.21. The summed E-state index contributed by atoms with van der Waals surface area (Å²) in [6.45, 7) is 1.44. The van der Waals surface area contributed by atoms with Crippen LogP contribution in [0.15, 0.2) is 54.6 Å². The van der Waals surface area contributed by atoms with Gasteiger partial charge in [-0.05, 0) is 29.7 Å². The summed E-state index contributed by atoms with van der Waals surface area (Å²) in [5.41, 5.74) is 1.36. The maximum atomic E-state index is 13.2. The van der Waals surface area contributed by atoms with E-state index in [1.165, 1.54) is 38.3 Å². The Morgan fingerprint density at radius 2 is 1.69 bits per heavy atom. The largest absolute Gasteiger partial charge is 0.467 e. The number of amides is 1. The average molecular weight is 440 g/mol. The molecule has 0 aliphatic rings. The Morgan fingerprint density at radius 1 is 1.07 bits per heavy atom. The predicted molar refractivity (Wildman–Crippen MR) is 113 cm³/mol. The third kappa shape index (κ3) is 7.87. The van der Waals surface area contributed by atoms with Gasteiger partial charge in [0.25, 0.3) is 0 Å². The van der Waals surface area contributed by atoms with Crippen molar-refractivity contribution in [1.82, 2.24) is 5.32 Å². The van der Waals surface area contributed by atoms with Gasteiger partial charge in [0.05, 0.1) is 13.0 Å².